The Morgan fingerprint density at radius 2 is 2.26 bits per heavy atom. The first-order valence-corrected chi connectivity index (χ1v) is 6.82. The van der Waals surface area contributed by atoms with Crippen molar-refractivity contribution >= 4 is 22.9 Å². The molecule has 0 radical (unpaired) electrons. The molecule has 5 N–H and O–H groups in total. The van der Waals surface area contributed by atoms with Crippen LogP contribution >= 0.6 is 0 Å². The smallest absolute Gasteiger partial charge is 0.224 e. The molecule has 11 heteroatoms. The number of nitrogens with zero attached hydrogens (tertiary/aromatic N) is 4. The number of ether oxygens (including phenoxy) is 1. The van der Waals surface area contributed by atoms with Crippen LogP contribution < -0.4 is 11.1 Å². The summed E-state index contributed by atoms with van der Waals surface area (Å²) in [6.07, 6.45) is -3.99. The average Bonchev–Trinajstić information content (AvgIpc) is 3.07. The molecule has 1 saturated heterocycles. The summed E-state index contributed by atoms with van der Waals surface area (Å²) in [5.74, 6) is 0.260. The summed E-state index contributed by atoms with van der Waals surface area (Å²) in [7, 11) is 1.61. The van der Waals surface area contributed by atoms with Gasteiger partial charge in [0.05, 0.1) is 12.9 Å². The van der Waals surface area contributed by atoms with E-state index in [0.29, 0.717) is 11.3 Å². The molecule has 2 aromatic heterocycles. The minimum absolute atomic E-state index is 0.0727. The van der Waals surface area contributed by atoms with Crippen LogP contribution in [-0.4, -0.2) is 67.9 Å². The van der Waals surface area contributed by atoms with E-state index in [4.69, 9.17) is 10.5 Å². The largest absolute Gasteiger partial charge is 0.393 e. The molecule has 1 aliphatic heterocycles. The summed E-state index contributed by atoms with van der Waals surface area (Å²) >= 11 is 0. The fraction of sp³-hybridized carbons (Fsp3) is 0.583. The maximum absolute atomic E-state index is 14.4. The lowest BCUT2D eigenvalue weighted by Crippen LogP contribution is -2.47. The van der Waals surface area contributed by atoms with E-state index in [2.05, 4.69) is 20.3 Å². The minimum Gasteiger partial charge on any atom is -0.393 e. The Bertz CT molecular complexity index is 722. The standard InChI is InChI=1S/C12H16F2N6O3/c1-16-8-6-9(19-11(15)18-8)20(4-17-6)10-5(14)7(22)12(2-13,3-21)23-10/h4-5,7,10,21-22H,2-3H2,1H3,(H3,15,16,18,19)/t5-,7-,10+,12+/m0/s1. The lowest BCUT2D eigenvalue weighted by atomic mass is 9.98. The topological polar surface area (TPSA) is 131 Å². The lowest BCUT2D eigenvalue weighted by Gasteiger charge is -2.25. The number of hydrogen-bond donors (Lipinski definition) is 4. The van der Waals surface area contributed by atoms with Crippen LogP contribution in [0.1, 0.15) is 6.23 Å². The Morgan fingerprint density at radius 3 is 2.83 bits per heavy atom. The van der Waals surface area contributed by atoms with Crippen molar-refractivity contribution < 1.29 is 23.7 Å². The zero-order chi connectivity index (χ0) is 16.8. The van der Waals surface area contributed by atoms with Gasteiger partial charge in [0.25, 0.3) is 0 Å². The summed E-state index contributed by atoms with van der Waals surface area (Å²) in [5, 5.41) is 22.0. The van der Waals surface area contributed by atoms with Crippen LogP contribution in [-0.2, 0) is 4.74 Å². The van der Waals surface area contributed by atoms with Gasteiger partial charge in [-0.25, -0.2) is 13.8 Å². The molecule has 0 saturated carbocycles. The summed E-state index contributed by atoms with van der Waals surface area (Å²) in [6.45, 7) is -2.11. The number of halogens is 2. The number of aromatic nitrogens is 4. The molecule has 9 nitrogen and oxygen atoms in total. The molecule has 23 heavy (non-hydrogen) atoms. The van der Waals surface area contributed by atoms with E-state index >= 15 is 0 Å². The van der Waals surface area contributed by atoms with Crippen molar-refractivity contribution in [3.05, 3.63) is 6.33 Å². The van der Waals surface area contributed by atoms with Gasteiger partial charge in [0, 0.05) is 7.05 Å². The van der Waals surface area contributed by atoms with Gasteiger partial charge in [-0.2, -0.15) is 9.97 Å². The highest BCUT2D eigenvalue weighted by Gasteiger charge is 2.56. The van der Waals surface area contributed by atoms with Crippen LogP contribution in [0, 0.1) is 0 Å². The van der Waals surface area contributed by atoms with Crippen LogP contribution in [0.3, 0.4) is 0 Å². The first-order valence-electron chi connectivity index (χ1n) is 6.82. The van der Waals surface area contributed by atoms with E-state index < -0.39 is 37.4 Å². The second-order valence-electron chi connectivity index (χ2n) is 5.26. The van der Waals surface area contributed by atoms with E-state index in [1.165, 1.54) is 10.9 Å². The zero-order valence-corrected chi connectivity index (χ0v) is 12.1. The summed E-state index contributed by atoms with van der Waals surface area (Å²) in [4.78, 5) is 12.0. The summed E-state index contributed by atoms with van der Waals surface area (Å²) < 4.78 is 34.1. The van der Waals surface area contributed by atoms with Gasteiger partial charge in [0.1, 0.15) is 12.8 Å². The molecule has 126 valence electrons. The number of imidazole rings is 1. The molecule has 2 aromatic rings. The average molecular weight is 330 g/mol. The fourth-order valence-corrected chi connectivity index (χ4v) is 2.61. The Hall–Kier alpha value is -2.11. The highest BCUT2D eigenvalue weighted by Crippen LogP contribution is 2.40. The number of rotatable bonds is 4. The third-order valence-electron chi connectivity index (χ3n) is 3.91. The Kier molecular flexibility index (Phi) is 3.78. The van der Waals surface area contributed by atoms with Gasteiger partial charge < -0.3 is 26.0 Å². The first-order chi connectivity index (χ1) is 11.0. The second kappa shape index (κ2) is 5.51. The Morgan fingerprint density at radius 1 is 1.52 bits per heavy atom. The van der Waals surface area contributed by atoms with Crippen LogP contribution in [0.25, 0.3) is 11.2 Å². The molecule has 0 amide bonds. The number of nitrogens with one attached hydrogen (secondary N) is 1. The number of nitrogens with two attached hydrogens (primary N) is 1. The van der Waals surface area contributed by atoms with Gasteiger partial charge >= 0.3 is 0 Å². The van der Waals surface area contributed by atoms with Crippen molar-refractivity contribution in [2.75, 3.05) is 31.4 Å². The molecule has 1 aliphatic rings. The number of fused-ring (bicyclic) bond motifs is 1. The Balaban J connectivity index is 2.09. The van der Waals surface area contributed by atoms with Crippen LogP contribution in [0.5, 0.6) is 0 Å². The van der Waals surface area contributed by atoms with Gasteiger partial charge in [-0.3, -0.25) is 4.57 Å². The zero-order valence-electron chi connectivity index (χ0n) is 12.1. The highest BCUT2D eigenvalue weighted by molar-refractivity contribution is 5.84. The van der Waals surface area contributed by atoms with E-state index in [9.17, 15) is 19.0 Å². The van der Waals surface area contributed by atoms with E-state index in [1.807, 2.05) is 0 Å². The molecule has 3 rings (SSSR count). The van der Waals surface area contributed by atoms with Crippen LogP contribution in [0.4, 0.5) is 20.5 Å². The highest BCUT2D eigenvalue weighted by atomic mass is 19.1. The number of aliphatic hydroxyl groups excluding tert-OH is 2. The van der Waals surface area contributed by atoms with Crippen molar-refractivity contribution in [1.29, 1.82) is 0 Å². The summed E-state index contributed by atoms with van der Waals surface area (Å²) in [6, 6.07) is 0. The van der Waals surface area contributed by atoms with Gasteiger partial charge in [-0.05, 0) is 0 Å². The number of anilines is 2. The number of alkyl halides is 2. The van der Waals surface area contributed by atoms with Crippen molar-refractivity contribution in [3.8, 4) is 0 Å². The molecule has 1 fully saturated rings. The van der Waals surface area contributed by atoms with Crippen LogP contribution in [0.2, 0.25) is 0 Å². The second-order valence-corrected chi connectivity index (χ2v) is 5.26. The molecule has 0 aromatic carbocycles. The number of nitrogen functional groups attached to an aromatic ring is 1. The minimum atomic E-state index is -2.02. The maximum Gasteiger partial charge on any atom is 0.224 e. The van der Waals surface area contributed by atoms with Crippen LogP contribution in [0.15, 0.2) is 6.33 Å². The predicted octanol–water partition coefficient (Wildman–Crippen LogP) is -0.621. The van der Waals surface area contributed by atoms with Crippen molar-refractivity contribution in [3.63, 3.8) is 0 Å². The molecule has 0 bridgehead atoms. The summed E-state index contributed by atoms with van der Waals surface area (Å²) in [5.41, 5.74) is 4.06. The van der Waals surface area contributed by atoms with E-state index in [0.717, 1.165) is 0 Å². The quantitative estimate of drug-likeness (QED) is 0.583. The monoisotopic (exact) mass is 330 g/mol. The molecule has 0 aliphatic carbocycles. The first kappa shape index (κ1) is 15.8. The van der Waals surface area contributed by atoms with E-state index in [1.54, 1.807) is 7.05 Å². The predicted molar refractivity (Wildman–Crippen MR) is 76.1 cm³/mol. The third-order valence-corrected chi connectivity index (χ3v) is 3.91. The van der Waals surface area contributed by atoms with Crippen molar-refractivity contribution in [2.45, 2.75) is 24.1 Å². The lowest BCUT2D eigenvalue weighted by molar-refractivity contribution is -0.136. The maximum atomic E-state index is 14.4. The van der Waals surface area contributed by atoms with Gasteiger partial charge in [-0.15, -0.1) is 0 Å². The van der Waals surface area contributed by atoms with Gasteiger partial charge in [-0.1, -0.05) is 0 Å². The molecule has 0 unspecified atom stereocenters. The van der Waals surface area contributed by atoms with Gasteiger partial charge in [0.15, 0.2) is 35.0 Å². The van der Waals surface area contributed by atoms with Gasteiger partial charge in [0.2, 0.25) is 5.95 Å². The molecular weight excluding hydrogens is 314 g/mol. The molecule has 4 atom stereocenters. The van der Waals surface area contributed by atoms with E-state index in [-0.39, 0.29) is 11.6 Å². The fourth-order valence-electron chi connectivity index (χ4n) is 2.61. The molecular formula is C12H16F2N6O3. The Labute approximate surface area is 129 Å². The number of hydrogen-bond acceptors (Lipinski definition) is 8. The molecule has 0 spiro atoms. The third kappa shape index (κ3) is 2.19. The normalized spacial score (nSPS) is 30.9. The van der Waals surface area contributed by atoms with Crippen molar-refractivity contribution in [2.24, 2.45) is 0 Å². The number of aliphatic hydroxyl groups is 2. The molecule has 3 heterocycles. The SMILES string of the molecule is CNc1nc(N)nc2c1ncn2[C@@H]1O[C@@](CO)(CF)[C@@H](O)[C@@H]1F. The van der Waals surface area contributed by atoms with Crippen molar-refractivity contribution in [1.82, 2.24) is 19.5 Å².